The molecule has 0 aliphatic carbocycles. The van der Waals surface area contributed by atoms with Gasteiger partial charge in [-0.05, 0) is 98.2 Å². The molecule has 0 saturated carbocycles. The van der Waals surface area contributed by atoms with Gasteiger partial charge in [-0.25, -0.2) is 0 Å². The van der Waals surface area contributed by atoms with Gasteiger partial charge in [0.25, 0.3) is 0 Å². The minimum Gasteiger partial charge on any atom is -0.427 e. The van der Waals surface area contributed by atoms with Crippen LogP contribution in [0.3, 0.4) is 0 Å². The van der Waals surface area contributed by atoms with E-state index in [-0.39, 0.29) is 23.8 Å². The summed E-state index contributed by atoms with van der Waals surface area (Å²) in [5.74, 6) is 0.657. The number of carbonyl (C=O) groups is 3. The molecule has 0 spiro atoms. The van der Waals surface area contributed by atoms with Crippen molar-refractivity contribution >= 4 is 50.2 Å². The van der Waals surface area contributed by atoms with E-state index in [1.54, 1.807) is 0 Å². The predicted octanol–water partition coefficient (Wildman–Crippen LogP) is 8.69. The normalized spacial score (nSPS) is 11.2. The van der Waals surface area contributed by atoms with E-state index >= 15 is 0 Å². The van der Waals surface area contributed by atoms with Crippen molar-refractivity contribution in [3.8, 4) is 17.2 Å². The van der Waals surface area contributed by atoms with E-state index in [2.05, 4.69) is 54.6 Å². The molecule has 0 N–H and O–H groups in total. The maximum absolute atomic E-state index is 11.5. The average Bonchev–Trinajstić information content (AvgIpc) is 3.00. The first-order valence-electron chi connectivity index (χ1n) is 14.9. The van der Waals surface area contributed by atoms with Crippen molar-refractivity contribution in [1.82, 2.24) is 0 Å². The minimum atomic E-state index is -0.346. The molecule has 6 aromatic rings. The average molecular weight is 597 g/mol. The van der Waals surface area contributed by atoms with E-state index in [9.17, 15) is 14.4 Å². The van der Waals surface area contributed by atoms with Gasteiger partial charge in [-0.3, -0.25) is 14.4 Å². The van der Waals surface area contributed by atoms with Gasteiger partial charge in [0.15, 0.2) is 0 Å². The summed E-state index contributed by atoms with van der Waals surface area (Å²) in [4.78, 5) is 34.3. The van der Waals surface area contributed by atoms with Gasteiger partial charge in [0.1, 0.15) is 17.2 Å². The zero-order valence-electron chi connectivity index (χ0n) is 25.3. The molecule has 45 heavy (non-hydrogen) atoms. The second-order valence-corrected chi connectivity index (χ2v) is 11.3. The highest BCUT2D eigenvalue weighted by molar-refractivity contribution is 5.88. The third-order valence-electron chi connectivity index (χ3n) is 7.86. The third kappa shape index (κ3) is 7.02. The predicted molar refractivity (Wildman–Crippen MR) is 176 cm³/mol. The molecule has 0 amide bonds. The number of hydrogen-bond donors (Lipinski definition) is 0. The number of aryl methyl sites for hydroxylation is 1. The molecule has 0 aliphatic heterocycles. The second kappa shape index (κ2) is 12.6. The molecule has 0 radical (unpaired) electrons. The van der Waals surface area contributed by atoms with Crippen LogP contribution in [0.15, 0.2) is 109 Å². The maximum Gasteiger partial charge on any atom is 0.308 e. The molecule has 0 aromatic heterocycles. The van der Waals surface area contributed by atoms with E-state index in [1.165, 1.54) is 37.5 Å². The van der Waals surface area contributed by atoms with Gasteiger partial charge in [-0.1, -0.05) is 72.8 Å². The van der Waals surface area contributed by atoms with Crippen molar-refractivity contribution in [2.24, 2.45) is 0 Å². The molecule has 224 valence electrons. The van der Waals surface area contributed by atoms with Crippen LogP contribution in [0, 0.1) is 0 Å². The number of rotatable bonds is 8. The van der Waals surface area contributed by atoms with E-state index < -0.39 is 0 Å². The third-order valence-corrected chi connectivity index (χ3v) is 7.86. The summed E-state index contributed by atoms with van der Waals surface area (Å²) in [5, 5.41) is 6.22. The highest BCUT2D eigenvalue weighted by Crippen LogP contribution is 2.35. The van der Waals surface area contributed by atoms with Crippen molar-refractivity contribution in [2.75, 3.05) is 0 Å². The summed E-state index contributed by atoms with van der Waals surface area (Å²) in [5.41, 5.74) is 3.59. The van der Waals surface area contributed by atoms with E-state index in [1.807, 2.05) is 54.6 Å². The van der Waals surface area contributed by atoms with Crippen LogP contribution in [0.5, 0.6) is 17.2 Å². The van der Waals surface area contributed by atoms with Gasteiger partial charge in [0.05, 0.1) is 0 Å². The first-order chi connectivity index (χ1) is 21.7. The Morgan fingerprint density at radius 2 is 0.822 bits per heavy atom. The van der Waals surface area contributed by atoms with Crippen molar-refractivity contribution in [3.05, 3.63) is 126 Å². The standard InChI is InChI=1S/C39H32O6/c1-24(40)43-36-14-11-28-18-27(4-6-31(28)21-36)5-17-39(34-9-7-32-22-37(44-25(2)41)15-12-29(32)19-34)35-10-8-33-23-38(45-26(3)42)16-13-30(33)20-35/h4,6-16,18-23,39H,5,17H2,1-3H3. The second-order valence-electron chi connectivity index (χ2n) is 11.3. The lowest BCUT2D eigenvalue weighted by molar-refractivity contribution is -0.132. The summed E-state index contributed by atoms with van der Waals surface area (Å²) in [6, 6.07) is 36.3. The van der Waals surface area contributed by atoms with E-state index in [0.29, 0.717) is 17.2 Å². The first kappa shape index (κ1) is 29.6. The Morgan fingerprint density at radius 3 is 1.24 bits per heavy atom. The smallest absolute Gasteiger partial charge is 0.308 e. The Kier molecular flexibility index (Phi) is 8.30. The van der Waals surface area contributed by atoms with E-state index in [4.69, 9.17) is 14.2 Å². The maximum atomic E-state index is 11.5. The van der Waals surface area contributed by atoms with Crippen molar-refractivity contribution in [2.45, 2.75) is 39.5 Å². The quantitative estimate of drug-likeness (QED) is 0.129. The largest absolute Gasteiger partial charge is 0.427 e. The van der Waals surface area contributed by atoms with Gasteiger partial charge in [0, 0.05) is 26.7 Å². The fourth-order valence-electron chi connectivity index (χ4n) is 5.87. The van der Waals surface area contributed by atoms with Crippen LogP contribution in [-0.4, -0.2) is 17.9 Å². The number of carbonyl (C=O) groups excluding carboxylic acids is 3. The van der Waals surface area contributed by atoms with E-state index in [0.717, 1.165) is 45.2 Å². The van der Waals surface area contributed by atoms with Crippen molar-refractivity contribution in [3.63, 3.8) is 0 Å². The molecule has 6 nitrogen and oxygen atoms in total. The monoisotopic (exact) mass is 596 g/mol. The van der Waals surface area contributed by atoms with Crippen LogP contribution in [0.2, 0.25) is 0 Å². The molecular formula is C39H32O6. The lowest BCUT2D eigenvalue weighted by Gasteiger charge is -2.20. The summed E-state index contributed by atoms with van der Waals surface area (Å²) >= 11 is 0. The molecule has 0 unspecified atom stereocenters. The molecule has 0 aliphatic rings. The fourth-order valence-corrected chi connectivity index (χ4v) is 5.87. The number of ether oxygens (including phenoxy) is 3. The Labute approximate surface area is 261 Å². The molecule has 6 aromatic carbocycles. The molecule has 0 saturated heterocycles. The van der Waals surface area contributed by atoms with Crippen LogP contribution >= 0.6 is 0 Å². The Balaban J connectivity index is 1.34. The number of fused-ring (bicyclic) bond motifs is 3. The Hall–Kier alpha value is -5.49. The first-order valence-corrected chi connectivity index (χ1v) is 14.9. The summed E-state index contributed by atoms with van der Waals surface area (Å²) in [7, 11) is 0. The summed E-state index contributed by atoms with van der Waals surface area (Å²) < 4.78 is 15.8. The van der Waals surface area contributed by atoms with Gasteiger partial charge in [0.2, 0.25) is 0 Å². The van der Waals surface area contributed by atoms with Crippen LogP contribution in [0.4, 0.5) is 0 Å². The lowest BCUT2D eigenvalue weighted by Crippen LogP contribution is -2.04. The molecular weight excluding hydrogens is 564 g/mol. The highest BCUT2D eigenvalue weighted by Gasteiger charge is 2.17. The zero-order chi connectivity index (χ0) is 31.5. The number of hydrogen-bond acceptors (Lipinski definition) is 6. The molecule has 0 heterocycles. The molecule has 0 fully saturated rings. The number of benzene rings is 6. The number of esters is 3. The van der Waals surface area contributed by atoms with Gasteiger partial charge >= 0.3 is 17.9 Å². The topological polar surface area (TPSA) is 78.9 Å². The molecule has 6 heteroatoms. The van der Waals surface area contributed by atoms with Gasteiger partial charge < -0.3 is 14.2 Å². The molecule has 0 bridgehead atoms. The highest BCUT2D eigenvalue weighted by atomic mass is 16.5. The van der Waals surface area contributed by atoms with Gasteiger partial charge in [-0.2, -0.15) is 0 Å². The summed E-state index contributed by atoms with van der Waals surface area (Å²) in [6.45, 7) is 4.19. The van der Waals surface area contributed by atoms with Crippen molar-refractivity contribution in [1.29, 1.82) is 0 Å². The van der Waals surface area contributed by atoms with Crippen LogP contribution in [0.1, 0.15) is 49.8 Å². The lowest BCUT2D eigenvalue weighted by atomic mass is 9.84. The fraction of sp³-hybridized carbons (Fsp3) is 0.154. The van der Waals surface area contributed by atoms with Gasteiger partial charge in [-0.15, -0.1) is 0 Å². The minimum absolute atomic E-state index is 0.0992. The summed E-state index contributed by atoms with van der Waals surface area (Å²) in [6.07, 6.45) is 1.71. The Morgan fingerprint density at radius 1 is 0.467 bits per heavy atom. The Bertz CT molecular complexity index is 1990. The SMILES string of the molecule is CC(=O)Oc1ccc2cc(CCC(c3ccc4cc(OC(C)=O)ccc4c3)c3ccc4cc(OC(C)=O)ccc4c3)ccc2c1. The zero-order valence-corrected chi connectivity index (χ0v) is 25.3. The molecule has 0 atom stereocenters. The van der Waals surface area contributed by atoms with Crippen molar-refractivity contribution < 1.29 is 28.6 Å². The van der Waals surface area contributed by atoms with Crippen LogP contribution in [0.25, 0.3) is 32.3 Å². The molecule has 6 rings (SSSR count). The van der Waals surface area contributed by atoms with Crippen LogP contribution < -0.4 is 14.2 Å². The van der Waals surface area contributed by atoms with Crippen LogP contribution in [-0.2, 0) is 20.8 Å².